The molecule has 2 aromatic rings. The fourth-order valence-corrected chi connectivity index (χ4v) is 4.56. The Kier molecular flexibility index (Phi) is 2.87. The predicted molar refractivity (Wildman–Crippen MR) is 62.1 cm³/mol. The van der Waals surface area contributed by atoms with E-state index in [4.69, 9.17) is 9.84 Å². The molecule has 0 saturated heterocycles. The molecule has 0 saturated carbocycles. The second-order valence-corrected chi connectivity index (χ2v) is 5.91. The van der Waals surface area contributed by atoms with Gasteiger partial charge < -0.3 is 0 Å². The molecule has 0 unspecified atom stereocenters. The number of halogens is 1. The monoisotopic (exact) mass is 334 g/mol. The first-order valence-corrected chi connectivity index (χ1v) is 6.63. The summed E-state index contributed by atoms with van der Waals surface area (Å²) in [4.78, 5) is 10.9. The average molecular weight is 334 g/mol. The van der Waals surface area contributed by atoms with E-state index in [0.717, 1.165) is 15.4 Å². The molecule has 0 spiro atoms. The number of aromatic carboxylic acids is 1. The van der Waals surface area contributed by atoms with Crippen molar-refractivity contribution in [1.82, 2.24) is 0 Å². The molecule has 2 rings (SSSR count). The van der Waals surface area contributed by atoms with Crippen molar-refractivity contribution in [1.29, 1.82) is 0 Å². The van der Waals surface area contributed by atoms with Gasteiger partial charge in [-0.15, -0.1) is 0 Å². The van der Waals surface area contributed by atoms with E-state index in [1.807, 2.05) is 18.2 Å². The molecule has 0 aliphatic rings. The van der Waals surface area contributed by atoms with Gasteiger partial charge in [0.25, 0.3) is 0 Å². The molecule has 3 nitrogen and oxygen atoms in total. The van der Waals surface area contributed by atoms with Crippen molar-refractivity contribution in [2.45, 2.75) is 0 Å². The Labute approximate surface area is 101 Å². The molecule has 1 aromatic heterocycles. The Morgan fingerprint density at radius 3 is 2.87 bits per heavy atom. The molecular formula is C10H7BrO3Se. The number of hydrogen-bond acceptors (Lipinski definition) is 2. The van der Waals surface area contributed by atoms with Gasteiger partial charge in [0.1, 0.15) is 0 Å². The van der Waals surface area contributed by atoms with E-state index in [1.54, 1.807) is 7.11 Å². The maximum atomic E-state index is 10.9. The SMILES string of the molecule is COc1ccc2c(Br)c(C(=O)O)[se]c2c1. The third-order valence-electron chi connectivity index (χ3n) is 2.03. The fraction of sp³-hybridized carbons (Fsp3) is 0.100. The zero-order valence-corrected chi connectivity index (χ0v) is 11.1. The molecule has 0 radical (unpaired) electrons. The second kappa shape index (κ2) is 4.00. The normalized spacial score (nSPS) is 10.5. The third kappa shape index (κ3) is 1.83. The van der Waals surface area contributed by atoms with Crippen LogP contribution in [0, 0.1) is 0 Å². The van der Waals surface area contributed by atoms with E-state index < -0.39 is 5.97 Å². The molecule has 0 aliphatic heterocycles. The summed E-state index contributed by atoms with van der Waals surface area (Å²) in [5, 5.41) is 9.94. The van der Waals surface area contributed by atoms with Crippen LogP contribution in [-0.2, 0) is 0 Å². The standard InChI is InChI=1S/C10H7BrO3Se/c1-14-5-2-3-6-7(4-5)15-9(8(6)11)10(12)13/h2-4H,1H3,(H,12,13). The average Bonchev–Trinajstić information content (AvgIpc) is 2.55. The number of hydrogen-bond donors (Lipinski definition) is 1. The van der Waals surface area contributed by atoms with Crippen LogP contribution in [0.2, 0.25) is 0 Å². The van der Waals surface area contributed by atoms with Crippen LogP contribution in [-0.4, -0.2) is 32.7 Å². The molecule has 1 heterocycles. The van der Waals surface area contributed by atoms with E-state index in [-0.39, 0.29) is 14.5 Å². The molecule has 1 aromatic carbocycles. The van der Waals surface area contributed by atoms with Crippen LogP contribution in [0.3, 0.4) is 0 Å². The minimum absolute atomic E-state index is 0.144. The second-order valence-electron chi connectivity index (χ2n) is 2.91. The van der Waals surface area contributed by atoms with Crippen LogP contribution in [0.5, 0.6) is 5.75 Å². The fourth-order valence-electron chi connectivity index (χ4n) is 1.31. The summed E-state index contributed by atoms with van der Waals surface area (Å²) < 4.78 is 7.31. The summed E-state index contributed by atoms with van der Waals surface area (Å²) in [6.07, 6.45) is 0. The number of carboxylic acids is 1. The van der Waals surface area contributed by atoms with E-state index >= 15 is 0 Å². The van der Waals surface area contributed by atoms with Crippen LogP contribution < -0.4 is 4.74 Å². The van der Waals surface area contributed by atoms with Crippen LogP contribution >= 0.6 is 15.9 Å². The zero-order valence-electron chi connectivity index (χ0n) is 7.78. The van der Waals surface area contributed by atoms with Crippen molar-refractivity contribution in [3.05, 3.63) is 27.1 Å². The first-order valence-electron chi connectivity index (χ1n) is 4.13. The van der Waals surface area contributed by atoms with Crippen molar-refractivity contribution in [3.8, 4) is 5.75 Å². The summed E-state index contributed by atoms with van der Waals surface area (Å²) in [6.45, 7) is 0. The number of methoxy groups -OCH3 is 1. The summed E-state index contributed by atoms with van der Waals surface area (Å²) in [5.41, 5.74) is 0. The summed E-state index contributed by atoms with van der Waals surface area (Å²) >= 11 is 3.18. The van der Waals surface area contributed by atoms with Gasteiger partial charge in [0.15, 0.2) is 0 Å². The minimum atomic E-state index is -0.850. The van der Waals surface area contributed by atoms with Gasteiger partial charge in [-0.2, -0.15) is 0 Å². The first kappa shape index (κ1) is 10.7. The van der Waals surface area contributed by atoms with Crippen LogP contribution in [0.4, 0.5) is 0 Å². The molecule has 15 heavy (non-hydrogen) atoms. The predicted octanol–water partition coefficient (Wildman–Crippen LogP) is 2.37. The Morgan fingerprint density at radius 1 is 1.53 bits per heavy atom. The van der Waals surface area contributed by atoms with E-state index in [0.29, 0.717) is 8.91 Å². The van der Waals surface area contributed by atoms with Crippen LogP contribution in [0.25, 0.3) is 9.65 Å². The molecule has 5 heteroatoms. The number of carboxylic acid groups (broad SMARTS) is 1. The molecule has 0 bridgehead atoms. The number of carbonyl (C=O) groups is 1. The Morgan fingerprint density at radius 2 is 2.27 bits per heavy atom. The molecule has 78 valence electrons. The number of ether oxygens (including phenoxy) is 1. The topological polar surface area (TPSA) is 46.5 Å². The van der Waals surface area contributed by atoms with Gasteiger partial charge >= 0.3 is 101 Å². The molecule has 1 N–H and O–H groups in total. The Bertz CT molecular complexity index is 533. The van der Waals surface area contributed by atoms with Gasteiger partial charge in [-0.1, -0.05) is 0 Å². The van der Waals surface area contributed by atoms with Gasteiger partial charge in [0, 0.05) is 0 Å². The van der Waals surface area contributed by atoms with Gasteiger partial charge in [0.05, 0.1) is 0 Å². The van der Waals surface area contributed by atoms with E-state index in [1.165, 1.54) is 0 Å². The molecule has 0 atom stereocenters. The molecule has 0 amide bonds. The van der Waals surface area contributed by atoms with Gasteiger partial charge in [0.2, 0.25) is 0 Å². The van der Waals surface area contributed by atoms with Crippen molar-refractivity contribution >= 4 is 46.0 Å². The van der Waals surface area contributed by atoms with E-state index in [2.05, 4.69) is 15.9 Å². The summed E-state index contributed by atoms with van der Waals surface area (Å²) in [6, 6.07) is 5.61. The van der Waals surface area contributed by atoms with Gasteiger partial charge in [-0.25, -0.2) is 0 Å². The summed E-state index contributed by atoms with van der Waals surface area (Å²) in [7, 11) is 1.60. The maximum absolute atomic E-state index is 10.9. The molecule has 0 fully saturated rings. The quantitative estimate of drug-likeness (QED) is 0.858. The van der Waals surface area contributed by atoms with Crippen molar-refractivity contribution in [2.75, 3.05) is 7.11 Å². The van der Waals surface area contributed by atoms with E-state index in [9.17, 15) is 4.79 Å². The Hall–Kier alpha value is -0.771. The molecule has 0 aliphatic carbocycles. The van der Waals surface area contributed by atoms with Gasteiger partial charge in [-0.3, -0.25) is 0 Å². The Balaban J connectivity index is 2.70. The molecular weight excluding hydrogens is 327 g/mol. The number of rotatable bonds is 2. The van der Waals surface area contributed by atoms with Crippen molar-refractivity contribution in [2.24, 2.45) is 0 Å². The zero-order chi connectivity index (χ0) is 11.0. The number of benzene rings is 1. The summed E-state index contributed by atoms with van der Waals surface area (Å²) in [5.74, 6) is -0.0837. The first-order chi connectivity index (χ1) is 7.13. The number of fused-ring (bicyclic) bond motifs is 1. The van der Waals surface area contributed by atoms with Crippen molar-refractivity contribution in [3.63, 3.8) is 0 Å². The van der Waals surface area contributed by atoms with Gasteiger partial charge in [-0.05, 0) is 0 Å². The van der Waals surface area contributed by atoms with Crippen molar-refractivity contribution < 1.29 is 14.6 Å². The third-order valence-corrected chi connectivity index (χ3v) is 5.84. The van der Waals surface area contributed by atoms with Crippen LogP contribution in [0.1, 0.15) is 9.23 Å². The van der Waals surface area contributed by atoms with Crippen LogP contribution in [0.15, 0.2) is 22.7 Å².